The van der Waals surface area contributed by atoms with E-state index in [0.29, 0.717) is 26.3 Å². The van der Waals surface area contributed by atoms with E-state index in [1.807, 2.05) is 0 Å². The van der Waals surface area contributed by atoms with Crippen molar-refractivity contribution in [3.63, 3.8) is 0 Å². The monoisotopic (exact) mass is 344 g/mol. The molecular formula is C15H21FN2O4S. The third kappa shape index (κ3) is 4.00. The highest BCUT2D eigenvalue weighted by Crippen LogP contribution is 2.26. The topological polar surface area (TPSA) is 66.9 Å². The molecule has 1 aliphatic heterocycles. The van der Waals surface area contributed by atoms with Crippen LogP contribution in [-0.4, -0.2) is 57.8 Å². The van der Waals surface area contributed by atoms with Crippen LogP contribution < -0.4 is 4.31 Å². The van der Waals surface area contributed by atoms with Gasteiger partial charge in [0.1, 0.15) is 11.9 Å². The Morgan fingerprint density at radius 2 is 1.96 bits per heavy atom. The van der Waals surface area contributed by atoms with Crippen molar-refractivity contribution >= 4 is 21.6 Å². The number of hydrogen-bond donors (Lipinski definition) is 0. The van der Waals surface area contributed by atoms with E-state index in [9.17, 15) is 17.6 Å². The molecule has 1 amide bonds. The van der Waals surface area contributed by atoms with E-state index >= 15 is 0 Å². The Hall–Kier alpha value is -1.67. The molecule has 6 nitrogen and oxygen atoms in total. The fraction of sp³-hybridized carbons (Fsp3) is 0.533. The number of halogens is 1. The quantitative estimate of drug-likeness (QED) is 0.806. The number of rotatable bonds is 5. The van der Waals surface area contributed by atoms with Crippen LogP contribution >= 0.6 is 0 Å². The summed E-state index contributed by atoms with van der Waals surface area (Å²) < 4.78 is 44.7. The molecule has 1 aliphatic rings. The Morgan fingerprint density at radius 3 is 2.48 bits per heavy atom. The van der Waals surface area contributed by atoms with E-state index in [1.54, 1.807) is 17.9 Å². The first kappa shape index (κ1) is 17.7. The zero-order chi connectivity index (χ0) is 17.0. The molecule has 0 saturated carbocycles. The van der Waals surface area contributed by atoms with Crippen molar-refractivity contribution in [1.29, 1.82) is 0 Å². The smallest absolute Gasteiger partial charge is 0.246 e. The number of morpholine rings is 1. The summed E-state index contributed by atoms with van der Waals surface area (Å²) in [6.07, 6.45) is 1.23. The molecule has 1 atom stereocenters. The number of amides is 1. The lowest BCUT2D eigenvalue weighted by molar-refractivity contribution is -0.136. The van der Waals surface area contributed by atoms with Crippen molar-refractivity contribution in [3.05, 3.63) is 30.1 Å². The van der Waals surface area contributed by atoms with Crippen LogP contribution in [0.4, 0.5) is 10.1 Å². The van der Waals surface area contributed by atoms with Crippen LogP contribution in [0.1, 0.15) is 13.3 Å². The number of hydrogen-bond acceptors (Lipinski definition) is 4. The van der Waals surface area contributed by atoms with Crippen molar-refractivity contribution in [2.75, 3.05) is 36.9 Å². The van der Waals surface area contributed by atoms with Gasteiger partial charge in [0.15, 0.2) is 0 Å². The first-order chi connectivity index (χ1) is 10.9. The number of carbonyl (C=O) groups is 1. The maximum absolute atomic E-state index is 14.1. The number of sulfonamides is 1. The molecule has 0 aliphatic carbocycles. The highest BCUT2D eigenvalue weighted by Gasteiger charge is 2.35. The summed E-state index contributed by atoms with van der Waals surface area (Å²) in [5, 5.41) is 0. The van der Waals surface area contributed by atoms with Crippen LogP contribution in [-0.2, 0) is 19.6 Å². The largest absolute Gasteiger partial charge is 0.378 e. The third-order valence-electron chi connectivity index (χ3n) is 3.72. The number of anilines is 1. The molecule has 1 aromatic rings. The summed E-state index contributed by atoms with van der Waals surface area (Å²) in [5.74, 6) is -1.00. The van der Waals surface area contributed by atoms with E-state index in [2.05, 4.69) is 0 Å². The molecule has 8 heteroatoms. The van der Waals surface area contributed by atoms with E-state index in [0.717, 1.165) is 10.6 Å². The predicted octanol–water partition coefficient (Wildman–Crippen LogP) is 1.23. The van der Waals surface area contributed by atoms with Crippen LogP contribution in [0.25, 0.3) is 0 Å². The average molecular weight is 344 g/mol. The molecule has 2 rings (SSSR count). The second-order valence-electron chi connectivity index (χ2n) is 5.37. The van der Waals surface area contributed by atoms with Gasteiger partial charge in [-0.25, -0.2) is 12.8 Å². The number of ether oxygens (including phenoxy) is 1. The van der Waals surface area contributed by atoms with Gasteiger partial charge in [-0.05, 0) is 18.6 Å². The molecular weight excluding hydrogens is 323 g/mol. The molecule has 1 heterocycles. The molecule has 1 saturated heterocycles. The molecule has 1 aromatic carbocycles. The van der Waals surface area contributed by atoms with Crippen molar-refractivity contribution < 1.29 is 22.3 Å². The van der Waals surface area contributed by atoms with Gasteiger partial charge < -0.3 is 9.64 Å². The Bertz CT molecular complexity index is 659. The minimum atomic E-state index is -3.82. The van der Waals surface area contributed by atoms with E-state index in [4.69, 9.17) is 4.74 Å². The third-order valence-corrected chi connectivity index (χ3v) is 4.89. The van der Waals surface area contributed by atoms with Gasteiger partial charge in [0.05, 0.1) is 25.2 Å². The zero-order valence-corrected chi connectivity index (χ0v) is 14.1. The van der Waals surface area contributed by atoms with Gasteiger partial charge in [0.2, 0.25) is 15.9 Å². The van der Waals surface area contributed by atoms with Crippen molar-refractivity contribution in [2.45, 2.75) is 19.4 Å². The lowest BCUT2D eigenvalue weighted by Gasteiger charge is -2.35. The van der Waals surface area contributed by atoms with Gasteiger partial charge in [-0.3, -0.25) is 9.10 Å². The standard InChI is InChI=1S/C15H21FN2O4S/c1-3-13(15(19)17-8-10-22-11-9-17)18(23(2,20)21)14-7-5-4-6-12(14)16/h4-7,13H,3,8-11H2,1-2H3/t13-/m0/s1. The van der Waals surface area contributed by atoms with Gasteiger partial charge in [-0.15, -0.1) is 0 Å². The molecule has 0 bridgehead atoms. The Balaban J connectivity index is 2.40. The van der Waals surface area contributed by atoms with Crippen molar-refractivity contribution in [2.24, 2.45) is 0 Å². The number of benzene rings is 1. The van der Waals surface area contributed by atoms with Crippen molar-refractivity contribution in [1.82, 2.24) is 4.90 Å². The lowest BCUT2D eigenvalue weighted by Crippen LogP contribution is -2.53. The molecule has 0 N–H and O–H groups in total. The van der Waals surface area contributed by atoms with Gasteiger partial charge in [0, 0.05) is 13.1 Å². The fourth-order valence-corrected chi connectivity index (χ4v) is 3.85. The van der Waals surface area contributed by atoms with E-state index in [1.165, 1.54) is 18.2 Å². The maximum atomic E-state index is 14.1. The summed E-state index contributed by atoms with van der Waals surface area (Å²) in [7, 11) is -3.82. The SMILES string of the molecule is CC[C@@H](C(=O)N1CCOCC1)N(c1ccccc1F)S(C)(=O)=O. The number of para-hydroxylation sites is 1. The molecule has 1 fully saturated rings. The first-order valence-electron chi connectivity index (χ1n) is 7.46. The second kappa shape index (κ2) is 7.27. The molecule has 0 unspecified atom stereocenters. The van der Waals surface area contributed by atoms with Gasteiger partial charge >= 0.3 is 0 Å². The maximum Gasteiger partial charge on any atom is 0.246 e. The normalized spacial score (nSPS) is 16.9. The molecule has 0 radical (unpaired) electrons. The molecule has 0 aromatic heterocycles. The van der Waals surface area contributed by atoms with E-state index in [-0.39, 0.29) is 18.0 Å². The molecule has 23 heavy (non-hydrogen) atoms. The summed E-state index contributed by atoms with van der Waals surface area (Å²) in [5.41, 5.74) is -0.108. The Labute approximate surface area is 135 Å². The fourth-order valence-electron chi connectivity index (χ4n) is 2.64. The molecule has 128 valence electrons. The first-order valence-corrected chi connectivity index (χ1v) is 9.31. The van der Waals surface area contributed by atoms with Crippen LogP contribution in [0.5, 0.6) is 0 Å². The summed E-state index contributed by atoms with van der Waals surface area (Å²) in [6, 6.07) is 4.59. The highest BCUT2D eigenvalue weighted by atomic mass is 32.2. The van der Waals surface area contributed by atoms with Gasteiger partial charge in [-0.1, -0.05) is 19.1 Å². The highest BCUT2D eigenvalue weighted by molar-refractivity contribution is 7.92. The summed E-state index contributed by atoms with van der Waals surface area (Å²) in [4.78, 5) is 14.3. The minimum Gasteiger partial charge on any atom is -0.378 e. The Kier molecular flexibility index (Phi) is 5.59. The lowest BCUT2D eigenvalue weighted by atomic mass is 10.1. The summed E-state index contributed by atoms with van der Waals surface area (Å²) >= 11 is 0. The zero-order valence-electron chi connectivity index (χ0n) is 13.2. The van der Waals surface area contributed by atoms with Gasteiger partial charge in [-0.2, -0.15) is 0 Å². The molecule has 0 spiro atoms. The predicted molar refractivity (Wildman–Crippen MR) is 85.2 cm³/mol. The average Bonchev–Trinajstić information content (AvgIpc) is 2.52. The van der Waals surface area contributed by atoms with E-state index < -0.39 is 21.9 Å². The summed E-state index contributed by atoms with van der Waals surface area (Å²) in [6.45, 7) is 3.36. The Morgan fingerprint density at radius 1 is 1.35 bits per heavy atom. The van der Waals surface area contributed by atoms with Crippen LogP contribution in [0.3, 0.4) is 0 Å². The number of nitrogens with zero attached hydrogens (tertiary/aromatic N) is 2. The van der Waals surface area contributed by atoms with Gasteiger partial charge in [0.25, 0.3) is 0 Å². The number of carbonyl (C=O) groups excluding carboxylic acids is 1. The second-order valence-corrected chi connectivity index (χ2v) is 7.23. The van der Waals surface area contributed by atoms with Crippen LogP contribution in [0.15, 0.2) is 24.3 Å². The van der Waals surface area contributed by atoms with Crippen molar-refractivity contribution in [3.8, 4) is 0 Å². The minimum absolute atomic E-state index is 0.108. The van der Waals surface area contributed by atoms with Crippen LogP contribution in [0, 0.1) is 5.82 Å². The van der Waals surface area contributed by atoms with Crippen LogP contribution in [0.2, 0.25) is 0 Å².